The number of rotatable bonds is 4. The summed E-state index contributed by atoms with van der Waals surface area (Å²) >= 11 is 6.35. The van der Waals surface area contributed by atoms with Crippen molar-refractivity contribution in [2.75, 3.05) is 45.1 Å². The van der Waals surface area contributed by atoms with E-state index >= 15 is 0 Å². The Morgan fingerprint density at radius 1 is 1.25 bits per heavy atom. The van der Waals surface area contributed by atoms with E-state index in [1.807, 2.05) is 4.90 Å². The Morgan fingerprint density at radius 3 is 2.62 bits per heavy atom. The van der Waals surface area contributed by atoms with Crippen LogP contribution >= 0.6 is 11.6 Å². The quantitative estimate of drug-likeness (QED) is 0.906. The number of pyridine rings is 1. The summed E-state index contributed by atoms with van der Waals surface area (Å²) in [6.07, 6.45) is 7.44. The zero-order valence-electron chi connectivity index (χ0n) is 14.4. The Kier molecular flexibility index (Phi) is 5.95. The first kappa shape index (κ1) is 17.5. The second kappa shape index (κ2) is 8.17. The van der Waals surface area contributed by atoms with Crippen LogP contribution in [0.5, 0.6) is 0 Å². The lowest BCUT2D eigenvalue weighted by Crippen LogP contribution is -2.35. The van der Waals surface area contributed by atoms with Gasteiger partial charge in [-0.2, -0.15) is 0 Å². The van der Waals surface area contributed by atoms with Gasteiger partial charge in [0.25, 0.3) is 5.91 Å². The molecule has 2 saturated heterocycles. The minimum absolute atomic E-state index is 0.0472. The molecule has 0 atom stereocenters. The topological polar surface area (TPSA) is 48.5 Å². The molecule has 5 nitrogen and oxygen atoms in total. The number of halogens is 1. The Morgan fingerprint density at radius 2 is 1.96 bits per heavy atom. The van der Waals surface area contributed by atoms with Crippen molar-refractivity contribution in [1.29, 1.82) is 0 Å². The molecule has 1 N–H and O–H groups in total. The number of likely N-dealkylation sites (tertiary alicyclic amines) is 2. The predicted octanol–water partition coefficient (Wildman–Crippen LogP) is 3.11. The fraction of sp³-hybridized carbons (Fsp3) is 0.667. The molecule has 0 saturated carbocycles. The first-order valence-corrected chi connectivity index (χ1v) is 9.38. The fourth-order valence-corrected chi connectivity index (χ4v) is 3.70. The second-order valence-corrected chi connectivity index (χ2v) is 7.44. The Balaban J connectivity index is 1.57. The van der Waals surface area contributed by atoms with Gasteiger partial charge < -0.3 is 15.1 Å². The standard InChI is InChI=1S/C18H27ClN4O/c1-22-9-5-14(6-10-22)12-20-17-16(19)11-15(13-21-17)18(24)23-7-3-2-4-8-23/h11,13-14H,2-10,12H2,1H3,(H,20,21). The molecule has 0 unspecified atom stereocenters. The van der Waals surface area contributed by atoms with E-state index in [1.54, 1.807) is 12.3 Å². The summed E-state index contributed by atoms with van der Waals surface area (Å²) < 4.78 is 0. The molecule has 24 heavy (non-hydrogen) atoms. The van der Waals surface area contributed by atoms with Gasteiger partial charge in [-0.05, 0) is 64.2 Å². The van der Waals surface area contributed by atoms with Crippen LogP contribution in [0.1, 0.15) is 42.5 Å². The smallest absolute Gasteiger partial charge is 0.255 e. The maximum absolute atomic E-state index is 12.5. The molecule has 0 spiro atoms. The number of nitrogens with one attached hydrogen (secondary N) is 1. The zero-order chi connectivity index (χ0) is 16.9. The number of aromatic nitrogens is 1. The molecule has 3 rings (SSSR count). The molecular weight excluding hydrogens is 324 g/mol. The number of nitrogens with zero attached hydrogens (tertiary/aromatic N) is 3. The van der Waals surface area contributed by atoms with Gasteiger partial charge in [0.05, 0.1) is 10.6 Å². The highest BCUT2D eigenvalue weighted by atomic mass is 35.5. The van der Waals surface area contributed by atoms with Crippen LogP contribution in [-0.4, -0.2) is 60.5 Å². The summed E-state index contributed by atoms with van der Waals surface area (Å²) in [7, 11) is 2.17. The van der Waals surface area contributed by atoms with Gasteiger partial charge in [0.2, 0.25) is 0 Å². The van der Waals surface area contributed by atoms with Gasteiger partial charge in [-0.25, -0.2) is 4.98 Å². The van der Waals surface area contributed by atoms with Crippen molar-refractivity contribution >= 4 is 23.3 Å². The van der Waals surface area contributed by atoms with Crippen LogP contribution < -0.4 is 5.32 Å². The molecule has 0 bridgehead atoms. The van der Waals surface area contributed by atoms with Gasteiger partial charge in [-0.15, -0.1) is 0 Å². The lowest BCUT2D eigenvalue weighted by Gasteiger charge is -2.29. The normalized spacial score (nSPS) is 20.2. The van der Waals surface area contributed by atoms with Gasteiger partial charge in [0.1, 0.15) is 5.82 Å². The molecule has 1 amide bonds. The summed E-state index contributed by atoms with van der Waals surface area (Å²) in [6.45, 7) is 4.87. The van der Waals surface area contributed by atoms with Crippen molar-refractivity contribution in [1.82, 2.24) is 14.8 Å². The number of anilines is 1. The van der Waals surface area contributed by atoms with E-state index in [9.17, 15) is 4.79 Å². The molecule has 2 aliphatic rings. The number of carbonyl (C=O) groups excluding carboxylic acids is 1. The van der Waals surface area contributed by atoms with E-state index in [1.165, 1.54) is 19.3 Å². The van der Waals surface area contributed by atoms with Crippen molar-refractivity contribution in [2.45, 2.75) is 32.1 Å². The number of carbonyl (C=O) groups is 1. The van der Waals surface area contributed by atoms with Gasteiger partial charge >= 0.3 is 0 Å². The first-order chi connectivity index (χ1) is 11.6. The van der Waals surface area contributed by atoms with Crippen molar-refractivity contribution in [3.63, 3.8) is 0 Å². The van der Waals surface area contributed by atoms with Crippen molar-refractivity contribution in [3.05, 3.63) is 22.8 Å². The van der Waals surface area contributed by atoms with Crippen LogP contribution in [-0.2, 0) is 0 Å². The molecule has 132 valence electrons. The van der Waals surface area contributed by atoms with Crippen LogP contribution in [0, 0.1) is 5.92 Å². The van der Waals surface area contributed by atoms with Crippen LogP contribution in [0.2, 0.25) is 5.02 Å². The number of hydrogen-bond donors (Lipinski definition) is 1. The molecule has 2 fully saturated rings. The van der Waals surface area contributed by atoms with E-state index in [-0.39, 0.29) is 5.91 Å². The summed E-state index contributed by atoms with van der Waals surface area (Å²) in [6, 6.07) is 1.75. The van der Waals surface area contributed by atoms with Crippen LogP contribution in [0.3, 0.4) is 0 Å². The average molecular weight is 351 g/mol. The molecule has 3 heterocycles. The highest BCUT2D eigenvalue weighted by Crippen LogP contribution is 2.23. The third-order valence-electron chi connectivity index (χ3n) is 5.13. The predicted molar refractivity (Wildman–Crippen MR) is 97.7 cm³/mol. The largest absolute Gasteiger partial charge is 0.369 e. The summed E-state index contributed by atoms with van der Waals surface area (Å²) in [4.78, 5) is 21.2. The first-order valence-electron chi connectivity index (χ1n) is 9.00. The molecular formula is C18H27ClN4O. The highest BCUT2D eigenvalue weighted by molar-refractivity contribution is 6.33. The Bertz CT molecular complexity index is 566. The molecule has 2 aliphatic heterocycles. The lowest BCUT2D eigenvalue weighted by atomic mass is 9.97. The SMILES string of the molecule is CN1CCC(CNc2ncc(C(=O)N3CCCCC3)cc2Cl)CC1. The van der Waals surface area contributed by atoms with E-state index in [4.69, 9.17) is 11.6 Å². The second-order valence-electron chi connectivity index (χ2n) is 7.03. The molecule has 0 radical (unpaired) electrons. The van der Waals surface area contributed by atoms with Gasteiger partial charge in [0.15, 0.2) is 0 Å². The highest BCUT2D eigenvalue weighted by Gasteiger charge is 2.20. The minimum Gasteiger partial charge on any atom is -0.369 e. The van der Waals surface area contributed by atoms with E-state index < -0.39 is 0 Å². The Hall–Kier alpha value is -1.33. The third kappa shape index (κ3) is 4.39. The van der Waals surface area contributed by atoms with Gasteiger partial charge in [-0.3, -0.25) is 4.79 Å². The summed E-state index contributed by atoms with van der Waals surface area (Å²) in [5, 5.41) is 3.89. The van der Waals surface area contributed by atoms with Crippen LogP contribution in [0.4, 0.5) is 5.82 Å². The maximum Gasteiger partial charge on any atom is 0.255 e. The maximum atomic E-state index is 12.5. The fourth-order valence-electron chi connectivity index (χ4n) is 3.47. The van der Waals surface area contributed by atoms with E-state index in [0.29, 0.717) is 22.3 Å². The van der Waals surface area contributed by atoms with Crippen molar-refractivity contribution in [2.24, 2.45) is 5.92 Å². The number of amides is 1. The Labute approximate surface area is 149 Å². The zero-order valence-corrected chi connectivity index (χ0v) is 15.2. The molecule has 0 aromatic carbocycles. The minimum atomic E-state index is 0.0472. The van der Waals surface area contributed by atoms with Crippen molar-refractivity contribution in [3.8, 4) is 0 Å². The van der Waals surface area contributed by atoms with Crippen molar-refractivity contribution < 1.29 is 4.79 Å². The molecule has 0 aliphatic carbocycles. The van der Waals surface area contributed by atoms with Crippen LogP contribution in [0.25, 0.3) is 0 Å². The molecule has 1 aromatic rings. The van der Waals surface area contributed by atoms with Gasteiger partial charge in [0, 0.05) is 25.8 Å². The molecule has 6 heteroatoms. The summed E-state index contributed by atoms with van der Waals surface area (Å²) in [5.41, 5.74) is 0.590. The van der Waals surface area contributed by atoms with Gasteiger partial charge in [-0.1, -0.05) is 11.6 Å². The monoisotopic (exact) mass is 350 g/mol. The third-order valence-corrected chi connectivity index (χ3v) is 5.42. The average Bonchev–Trinajstić information content (AvgIpc) is 2.62. The summed E-state index contributed by atoms with van der Waals surface area (Å²) in [5.74, 6) is 1.39. The number of piperidine rings is 2. The number of hydrogen-bond acceptors (Lipinski definition) is 4. The molecule has 1 aromatic heterocycles. The lowest BCUT2D eigenvalue weighted by molar-refractivity contribution is 0.0724. The van der Waals surface area contributed by atoms with E-state index in [0.717, 1.165) is 45.6 Å². The van der Waals surface area contributed by atoms with Crippen LogP contribution in [0.15, 0.2) is 12.3 Å². The van der Waals surface area contributed by atoms with E-state index in [2.05, 4.69) is 22.2 Å².